The van der Waals surface area contributed by atoms with E-state index in [1.807, 2.05) is 18.2 Å². The second-order valence-electron chi connectivity index (χ2n) is 8.60. The highest BCUT2D eigenvalue weighted by Crippen LogP contribution is 2.53. The molecule has 0 fully saturated rings. The summed E-state index contributed by atoms with van der Waals surface area (Å²) < 4.78 is 15.4. The van der Waals surface area contributed by atoms with E-state index in [4.69, 9.17) is 9.47 Å². The second-order valence-corrected chi connectivity index (χ2v) is 8.60. The molecule has 2 aliphatic rings. The van der Waals surface area contributed by atoms with Crippen molar-refractivity contribution in [3.63, 3.8) is 0 Å². The Balaban J connectivity index is 1.42. The maximum Gasteiger partial charge on any atom is 0.194 e. The molecule has 0 spiro atoms. The summed E-state index contributed by atoms with van der Waals surface area (Å²) in [4.78, 5) is 3.52. The van der Waals surface area contributed by atoms with Gasteiger partial charge in [0.05, 0.1) is 11.0 Å². The smallest absolute Gasteiger partial charge is 0.194 e. The summed E-state index contributed by atoms with van der Waals surface area (Å²) in [6.07, 6.45) is 7.55. The normalized spacial score (nSPS) is 14.5. The lowest BCUT2D eigenvalue weighted by Gasteiger charge is -2.22. The summed E-state index contributed by atoms with van der Waals surface area (Å²) in [5.74, 6) is 2.95. The minimum atomic E-state index is 0.724. The highest BCUT2D eigenvalue weighted by atomic mass is 16.6. The lowest BCUT2D eigenvalue weighted by Crippen LogP contribution is -2.02. The summed E-state index contributed by atoms with van der Waals surface area (Å²) in [7, 11) is 0. The first kappa shape index (κ1) is 17.2. The molecule has 0 saturated carbocycles. The van der Waals surface area contributed by atoms with Crippen LogP contribution < -0.4 is 9.47 Å². The third-order valence-corrected chi connectivity index (χ3v) is 6.79. The molecule has 3 heterocycles. The molecule has 0 unspecified atom stereocenters. The zero-order valence-corrected chi connectivity index (χ0v) is 17.6. The van der Waals surface area contributed by atoms with Gasteiger partial charge in [-0.2, -0.15) is 0 Å². The molecule has 4 nitrogen and oxygen atoms in total. The molecule has 8 rings (SSSR count). The van der Waals surface area contributed by atoms with Gasteiger partial charge in [0.1, 0.15) is 5.52 Å². The Morgan fingerprint density at radius 1 is 0.697 bits per heavy atom. The fourth-order valence-electron chi connectivity index (χ4n) is 5.34. The van der Waals surface area contributed by atoms with Crippen LogP contribution in [0.1, 0.15) is 6.42 Å². The maximum atomic E-state index is 6.61. The van der Waals surface area contributed by atoms with Crippen molar-refractivity contribution in [3.05, 3.63) is 91.0 Å². The van der Waals surface area contributed by atoms with E-state index in [-0.39, 0.29) is 0 Å². The topological polar surface area (TPSA) is 39.2 Å². The number of aromatic amines is 1. The SMILES string of the molecule is C1=CC(n2c3ccccc3c3ccc4c(c32)Oc2ccc3c([nH]c5ccccc53)c2O4)=CC1. The van der Waals surface area contributed by atoms with E-state index in [0.29, 0.717) is 0 Å². The van der Waals surface area contributed by atoms with E-state index < -0.39 is 0 Å². The molecule has 4 heteroatoms. The Morgan fingerprint density at radius 3 is 2.33 bits per heavy atom. The first-order chi connectivity index (χ1) is 16.4. The van der Waals surface area contributed by atoms with Crippen molar-refractivity contribution in [1.82, 2.24) is 9.55 Å². The number of hydrogen-bond acceptors (Lipinski definition) is 2. The molecule has 1 aliphatic heterocycles. The van der Waals surface area contributed by atoms with Gasteiger partial charge in [0.2, 0.25) is 0 Å². The lowest BCUT2D eigenvalue weighted by molar-refractivity contribution is 0.365. The third-order valence-electron chi connectivity index (χ3n) is 6.79. The maximum absolute atomic E-state index is 6.61. The molecule has 0 amide bonds. The van der Waals surface area contributed by atoms with Crippen molar-refractivity contribution in [2.24, 2.45) is 0 Å². The zero-order chi connectivity index (χ0) is 21.5. The highest BCUT2D eigenvalue weighted by Gasteiger charge is 2.28. The van der Waals surface area contributed by atoms with Crippen molar-refractivity contribution in [3.8, 4) is 23.0 Å². The van der Waals surface area contributed by atoms with Gasteiger partial charge in [0, 0.05) is 32.8 Å². The van der Waals surface area contributed by atoms with Gasteiger partial charge in [0.15, 0.2) is 23.0 Å². The van der Waals surface area contributed by atoms with Crippen LogP contribution in [0.4, 0.5) is 0 Å². The van der Waals surface area contributed by atoms with E-state index in [1.54, 1.807) is 0 Å². The minimum absolute atomic E-state index is 0.724. The van der Waals surface area contributed by atoms with Gasteiger partial charge >= 0.3 is 0 Å². The number of nitrogens with zero attached hydrogens (tertiary/aromatic N) is 1. The van der Waals surface area contributed by atoms with Crippen molar-refractivity contribution >= 4 is 49.3 Å². The average molecular weight is 426 g/mol. The molecule has 33 heavy (non-hydrogen) atoms. The number of fused-ring (bicyclic) bond motifs is 10. The van der Waals surface area contributed by atoms with Crippen LogP contribution in [0.15, 0.2) is 91.0 Å². The summed E-state index contributed by atoms with van der Waals surface area (Å²) >= 11 is 0. The molecule has 1 aliphatic carbocycles. The number of para-hydroxylation sites is 2. The third kappa shape index (κ3) is 2.20. The number of benzene rings is 4. The number of ether oxygens (including phenoxy) is 2. The summed E-state index contributed by atoms with van der Waals surface area (Å²) in [6.45, 7) is 0. The largest absolute Gasteiger partial charge is 0.447 e. The Labute approximate surface area is 189 Å². The predicted molar refractivity (Wildman–Crippen MR) is 133 cm³/mol. The van der Waals surface area contributed by atoms with E-state index in [0.717, 1.165) is 62.4 Å². The number of allylic oxidation sites excluding steroid dienone is 4. The molecule has 2 aromatic heterocycles. The van der Waals surface area contributed by atoms with Gasteiger partial charge in [-0.15, -0.1) is 0 Å². The van der Waals surface area contributed by atoms with E-state index in [9.17, 15) is 0 Å². The number of aromatic nitrogens is 2. The molecule has 0 saturated heterocycles. The van der Waals surface area contributed by atoms with Crippen LogP contribution in [-0.4, -0.2) is 9.55 Å². The number of H-pyrrole nitrogens is 1. The van der Waals surface area contributed by atoms with Crippen molar-refractivity contribution < 1.29 is 9.47 Å². The van der Waals surface area contributed by atoms with Crippen LogP contribution in [0.25, 0.3) is 49.3 Å². The molecule has 0 atom stereocenters. The minimum Gasteiger partial charge on any atom is -0.447 e. The molecule has 1 N–H and O–H groups in total. The van der Waals surface area contributed by atoms with E-state index >= 15 is 0 Å². The molecule has 0 radical (unpaired) electrons. The average Bonchev–Trinajstić information content (AvgIpc) is 3.58. The van der Waals surface area contributed by atoms with Crippen LogP contribution >= 0.6 is 0 Å². The fourth-order valence-corrected chi connectivity index (χ4v) is 5.34. The van der Waals surface area contributed by atoms with Crippen LogP contribution in [0.5, 0.6) is 23.0 Å². The van der Waals surface area contributed by atoms with Gasteiger partial charge in [0.25, 0.3) is 0 Å². The summed E-state index contributed by atoms with van der Waals surface area (Å²) in [5.41, 5.74) is 5.41. The lowest BCUT2D eigenvalue weighted by atomic mass is 10.1. The van der Waals surface area contributed by atoms with Gasteiger partial charge < -0.3 is 19.0 Å². The van der Waals surface area contributed by atoms with Crippen molar-refractivity contribution in [2.45, 2.75) is 6.42 Å². The summed E-state index contributed by atoms with van der Waals surface area (Å²) in [6, 6.07) is 25.1. The Morgan fingerprint density at radius 2 is 1.45 bits per heavy atom. The predicted octanol–water partition coefficient (Wildman–Crippen LogP) is 8.13. The molecule has 6 aromatic rings. The van der Waals surface area contributed by atoms with Gasteiger partial charge in [-0.1, -0.05) is 48.6 Å². The van der Waals surface area contributed by atoms with Gasteiger partial charge in [-0.3, -0.25) is 0 Å². The van der Waals surface area contributed by atoms with Gasteiger partial charge in [-0.05, 0) is 48.9 Å². The Bertz CT molecular complexity index is 1850. The van der Waals surface area contributed by atoms with Crippen LogP contribution in [-0.2, 0) is 0 Å². The monoisotopic (exact) mass is 426 g/mol. The van der Waals surface area contributed by atoms with E-state index in [1.165, 1.54) is 16.3 Å². The molecule has 156 valence electrons. The Hall–Kier alpha value is -4.44. The van der Waals surface area contributed by atoms with Crippen LogP contribution in [0.3, 0.4) is 0 Å². The number of hydrogen-bond donors (Lipinski definition) is 1. The number of nitrogens with one attached hydrogen (secondary N) is 1. The quantitative estimate of drug-likeness (QED) is 0.288. The summed E-state index contributed by atoms with van der Waals surface area (Å²) in [5, 5.41) is 4.68. The highest BCUT2D eigenvalue weighted by molar-refractivity contribution is 6.14. The van der Waals surface area contributed by atoms with Crippen molar-refractivity contribution in [1.29, 1.82) is 0 Å². The molecular formula is C29H18N2O2. The number of rotatable bonds is 1. The Kier molecular flexibility index (Phi) is 3.16. The standard InChI is InChI=1S/C29H18N2O2/c1-2-8-17(7-1)31-23-12-6-4-10-19(23)21-14-16-25-29(27(21)31)33-24-15-13-20-18-9-3-5-11-22(18)30-26(20)28(24)32-25/h1,3-16,30H,2H2. The molecule has 4 aromatic carbocycles. The molecule has 0 bridgehead atoms. The second kappa shape index (κ2) is 6.08. The van der Waals surface area contributed by atoms with E-state index in [2.05, 4.69) is 82.4 Å². The fraction of sp³-hybridized carbons (Fsp3) is 0.0345. The van der Waals surface area contributed by atoms with Crippen molar-refractivity contribution in [2.75, 3.05) is 0 Å². The zero-order valence-electron chi connectivity index (χ0n) is 17.6. The first-order valence-electron chi connectivity index (χ1n) is 11.2. The van der Waals surface area contributed by atoms with Gasteiger partial charge in [-0.25, -0.2) is 0 Å². The van der Waals surface area contributed by atoms with Crippen LogP contribution in [0.2, 0.25) is 0 Å². The first-order valence-corrected chi connectivity index (χ1v) is 11.2. The van der Waals surface area contributed by atoms with Crippen LogP contribution in [0, 0.1) is 0 Å². The molecular weight excluding hydrogens is 408 g/mol.